The molecule has 1 N–H and O–H groups in total. The van der Waals surface area contributed by atoms with Gasteiger partial charge in [0.25, 0.3) is 0 Å². The molecule has 2 heterocycles. The molecule has 31 heavy (non-hydrogen) atoms. The molecule has 5 nitrogen and oxygen atoms in total. The van der Waals surface area contributed by atoms with Crippen molar-refractivity contribution in [3.8, 4) is 5.75 Å². The lowest BCUT2D eigenvalue weighted by Crippen LogP contribution is -2.11. The third-order valence-electron chi connectivity index (χ3n) is 4.58. The highest BCUT2D eigenvalue weighted by Gasteiger charge is 2.39. The maximum absolute atomic E-state index is 12.9. The molecule has 0 aliphatic carbocycles. The standard InChI is InChI=1S/C22H17Br2N3O2S2/c1-2-18-26-27-22(31-18)19-20(28)17(30-21(19)25)10-13-5-8-16(15(24)9-13)29-11-12-3-6-14(23)7-4-12/h3-10,19,25H,2,11H2,1H3/b17-10-,25-21?/t19-/m0/s1. The summed E-state index contributed by atoms with van der Waals surface area (Å²) < 4.78 is 7.74. The predicted molar refractivity (Wildman–Crippen MR) is 133 cm³/mol. The summed E-state index contributed by atoms with van der Waals surface area (Å²) >= 11 is 9.58. The van der Waals surface area contributed by atoms with E-state index < -0.39 is 5.92 Å². The van der Waals surface area contributed by atoms with E-state index in [1.165, 1.54) is 23.1 Å². The Kier molecular flexibility index (Phi) is 7.05. The van der Waals surface area contributed by atoms with Gasteiger partial charge in [0.2, 0.25) is 0 Å². The van der Waals surface area contributed by atoms with E-state index >= 15 is 0 Å². The zero-order valence-corrected chi connectivity index (χ0v) is 21.2. The minimum atomic E-state index is -0.633. The maximum atomic E-state index is 12.9. The van der Waals surface area contributed by atoms with Crippen molar-refractivity contribution < 1.29 is 9.53 Å². The SMILES string of the molecule is CCc1nnc([C@@H]2C(=N)S/C(=C\c3ccc(OCc4ccc(Br)cc4)c(Br)c3)C2=O)s1. The molecule has 0 amide bonds. The summed E-state index contributed by atoms with van der Waals surface area (Å²) in [4.78, 5) is 13.5. The Morgan fingerprint density at radius 3 is 2.61 bits per heavy atom. The molecule has 1 aliphatic heterocycles. The number of ether oxygens (including phenoxy) is 1. The number of carbonyl (C=O) groups is 1. The van der Waals surface area contributed by atoms with Gasteiger partial charge in [-0.2, -0.15) is 0 Å². The van der Waals surface area contributed by atoms with Crippen LogP contribution in [0.1, 0.15) is 34.0 Å². The van der Waals surface area contributed by atoms with Crippen LogP contribution in [0.4, 0.5) is 0 Å². The highest BCUT2D eigenvalue weighted by molar-refractivity contribution is 9.10. The van der Waals surface area contributed by atoms with Crippen LogP contribution in [0.2, 0.25) is 0 Å². The van der Waals surface area contributed by atoms with Crippen LogP contribution >= 0.6 is 55.0 Å². The molecule has 1 aliphatic rings. The number of halogens is 2. The van der Waals surface area contributed by atoms with Crippen molar-refractivity contribution in [3.05, 3.63) is 77.5 Å². The summed E-state index contributed by atoms with van der Waals surface area (Å²) in [6.07, 6.45) is 2.58. The van der Waals surface area contributed by atoms with Crippen LogP contribution in [0, 0.1) is 5.41 Å². The third kappa shape index (κ3) is 5.16. The number of carbonyl (C=O) groups excluding carboxylic acids is 1. The number of hydrogen-bond acceptors (Lipinski definition) is 7. The van der Waals surface area contributed by atoms with E-state index in [1.54, 1.807) is 0 Å². The Balaban J connectivity index is 1.48. The summed E-state index contributed by atoms with van der Waals surface area (Å²) in [5.41, 5.74) is 1.93. The third-order valence-corrected chi connectivity index (χ3v) is 7.86. The summed E-state index contributed by atoms with van der Waals surface area (Å²) in [5, 5.41) is 18.3. The van der Waals surface area contributed by atoms with Gasteiger partial charge in [-0.05, 0) is 63.8 Å². The summed E-state index contributed by atoms with van der Waals surface area (Å²) in [5.74, 6) is -0.00598. The minimum absolute atomic E-state index is 0.0968. The lowest BCUT2D eigenvalue weighted by molar-refractivity contribution is -0.114. The smallest absolute Gasteiger partial charge is 0.186 e. The van der Waals surface area contributed by atoms with Crippen molar-refractivity contribution in [2.45, 2.75) is 25.9 Å². The average molecular weight is 579 g/mol. The Labute approximate surface area is 205 Å². The van der Waals surface area contributed by atoms with Crippen molar-refractivity contribution >= 4 is 71.9 Å². The van der Waals surface area contributed by atoms with Gasteiger partial charge in [0.15, 0.2) is 5.78 Å². The van der Waals surface area contributed by atoms with Gasteiger partial charge in [-0.3, -0.25) is 10.2 Å². The van der Waals surface area contributed by atoms with E-state index in [2.05, 4.69) is 42.1 Å². The zero-order chi connectivity index (χ0) is 22.0. The number of nitrogens with one attached hydrogen (secondary N) is 1. The zero-order valence-electron chi connectivity index (χ0n) is 16.4. The lowest BCUT2D eigenvalue weighted by Gasteiger charge is -2.09. The molecule has 2 aromatic carbocycles. The van der Waals surface area contributed by atoms with Gasteiger partial charge in [-0.25, -0.2) is 0 Å². The van der Waals surface area contributed by atoms with E-state index in [-0.39, 0.29) is 5.78 Å². The second-order valence-electron chi connectivity index (χ2n) is 6.76. The Morgan fingerprint density at radius 1 is 1.16 bits per heavy atom. The molecule has 0 saturated carbocycles. The van der Waals surface area contributed by atoms with Crippen molar-refractivity contribution in [1.82, 2.24) is 10.2 Å². The number of rotatable bonds is 6. The summed E-state index contributed by atoms with van der Waals surface area (Å²) in [6.45, 7) is 2.46. The van der Waals surface area contributed by atoms with E-state index in [4.69, 9.17) is 10.1 Å². The minimum Gasteiger partial charge on any atom is -0.488 e. The molecule has 0 spiro atoms. The molecule has 0 unspecified atom stereocenters. The summed E-state index contributed by atoms with van der Waals surface area (Å²) in [7, 11) is 0. The highest BCUT2D eigenvalue weighted by Crippen LogP contribution is 2.41. The summed E-state index contributed by atoms with van der Waals surface area (Å²) in [6, 6.07) is 13.7. The first-order valence-electron chi connectivity index (χ1n) is 9.46. The first kappa shape index (κ1) is 22.4. The maximum Gasteiger partial charge on any atom is 0.186 e. The van der Waals surface area contributed by atoms with Gasteiger partial charge in [0.1, 0.15) is 28.3 Å². The molecular formula is C22H17Br2N3O2S2. The largest absolute Gasteiger partial charge is 0.488 e. The van der Waals surface area contributed by atoms with E-state index in [1.807, 2.05) is 55.5 Å². The quantitative estimate of drug-likeness (QED) is 0.332. The lowest BCUT2D eigenvalue weighted by atomic mass is 10.1. The van der Waals surface area contributed by atoms with Crippen LogP contribution in [0.3, 0.4) is 0 Å². The molecule has 1 aromatic heterocycles. The number of thioether (sulfide) groups is 1. The number of nitrogens with zero attached hydrogens (tertiary/aromatic N) is 2. The monoisotopic (exact) mass is 577 g/mol. The molecule has 3 aromatic rings. The number of aryl methyl sites for hydroxylation is 1. The number of benzene rings is 2. The fourth-order valence-electron chi connectivity index (χ4n) is 2.96. The predicted octanol–water partition coefficient (Wildman–Crippen LogP) is 6.62. The van der Waals surface area contributed by atoms with Crippen molar-refractivity contribution in [3.63, 3.8) is 0 Å². The molecule has 158 valence electrons. The molecule has 0 bridgehead atoms. The molecular weight excluding hydrogens is 562 g/mol. The topological polar surface area (TPSA) is 75.9 Å². The van der Waals surface area contributed by atoms with Gasteiger partial charge < -0.3 is 4.74 Å². The van der Waals surface area contributed by atoms with E-state index in [9.17, 15) is 4.79 Å². The van der Waals surface area contributed by atoms with Crippen molar-refractivity contribution in [1.29, 1.82) is 5.41 Å². The van der Waals surface area contributed by atoms with Crippen LogP contribution < -0.4 is 4.74 Å². The van der Waals surface area contributed by atoms with Crippen molar-refractivity contribution in [2.75, 3.05) is 0 Å². The molecule has 0 radical (unpaired) electrons. The number of hydrogen-bond donors (Lipinski definition) is 1. The Morgan fingerprint density at radius 2 is 1.94 bits per heavy atom. The van der Waals surface area contributed by atoms with Crippen molar-refractivity contribution in [2.24, 2.45) is 0 Å². The van der Waals surface area contributed by atoms with Gasteiger partial charge in [-0.1, -0.05) is 52.8 Å². The van der Waals surface area contributed by atoms with E-state index in [0.717, 1.165) is 37.3 Å². The Bertz CT molecular complexity index is 1180. The number of aromatic nitrogens is 2. The second kappa shape index (κ2) is 9.77. The van der Waals surface area contributed by atoms with Gasteiger partial charge in [-0.15, -0.1) is 21.5 Å². The highest BCUT2D eigenvalue weighted by atomic mass is 79.9. The first-order chi connectivity index (χ1) is 14.9. The van der Waals surface area contributed by atoms with Crippen LogP contribution in [0.5, 0.6) is 5.75 Å². The first-order valence-corrected chi connectivity index (χ1v) is 12.7. The van der Waals surface area contributed by atoms with Crippen LogP contribution in [-0.4, -0.2) is 21.0 Å². The molecule has 1 saturated heterocycles. The second-order valence-corrected chi connectivity index (χ2v) is 10.7. The molecule has 1 atom stereocenters. The normalized spacial score (nSPS) is 17.5. The average Bonchev–Trinajstić information content (AvgIpc) is 3.32. The Hall–Kier alpha value is -1.81. The van der Waals surface area contributed by atoms with Gasteiger partial charge in [0, 0.05) is 4.47 Å². The molecule has 9 heteroatoms. The van der Waals surface area contributed by atoms with Gasteiger partial charge in [0.05, 0.1) is 14.4 Å². The van der Waals surface area contributed by atoms with Crippen LogP contribution in [-0.2, 0) is 17.8 Å². The molecule has 1 fully saturated rings. The number of Topliss-reactive ketones (excluding diaryl/α,β-unsaturated/α-hetero) is 1. The molecule has 4 rings (SSSR count). The fourth-order valence-corrected chi connectivity index (χ4v) is 5.69. The number of allylic oxidation sites excluding steroid dienone is 1. The van der Waals surface area contributed by atoms with Gasteiger partial charge >= 0.3 is 0 Å². The fraction of sp³-hybridized carbons (Fsp3) is 0.182. The van der Waals surface area contributed by atoms with Crippen LogP contribution in [0.15, 0.2) is 56.3 Å². The number of ketones is 1. The van der Waals surface area contributed by atoms with Crippen LogP contribution in [0.25, 0.3) is 6.08 Å². The van der Waals surface area contributed by atoms with E-state index in [0.29, 0.717) is 21.6 Å².